The molecule has 7 nitrogen and oxygen atoms in total. The van der Waals surface area contributed by atoms with Crippen LogP contribution in [0.4, 0.5) is 6.01 Å². The number of rotatable bonds is 9. The summed E-state index contributed by atoms with van der Waals surface area (Å²) in [6.45, 7) is 7.10. The van der Waals surface area contributed by atoms with Crippen molar-refractivity contribution in [1.29, 1.82) is 0 Å². The molecule has 5 rings (SSSR count). The minimum absolute atomic E-state index is 0.00937. The van der Waals surface area contributed by atoms with Gasteiger partial charge in [0.05, 0.1) is 19.3 Å². The van der Waals surface area contributed by atoms with Gasteiger partial charge in [-0.25, -0.2) is 0 Å². The first-order chi connectivity index (χ1) is 16.5. The van der Waals surface area contributed by atoms with Crippen LogP contribution in [-0.4, -0.2) is 49.2 Å². The molecule has 1 atom stereocenters. The van der Waals surface area contributed by atoms with E-state index in [4.69, 9.17) is 18.9 Å². The predicted molar refractivity (Wildman–Crippen MR) is 131 cm³/mol. The van der Waals surface area contributed by atoms with Crippen LogP contribution in [-0.2, 0) is 10.3 Å². The SMILES string of the molecule is CCCN(CC1CCOC1)C(=O)c1cc(OC)c2oc(NC3(c4cccc(C)c4)CC3)nc2c1. The molecule has 2 aliphatic rings. The Morgan fingerprint density at radius 1 is 1.29 bits per heavy atom. The van der Waals surface area contributed by atoms with Gasteiger partial charge in [0.25, 0.3) is 11.9 Å². The summed E-state index contributed by atoms with van der Waals surface area (Å²) in [7, 11) is 1.59. The molecule has 1 aromatic heterocycles. The number of amides is 1. The van der Waals surface area contributed by atoms with Crippen LogP contribution in [0.2, 0.25) is 0 Å². The molecule has 1 saturated carbocycles. The second kappa shape index (κ2) is 9.29. The molecule has 0 radical (unpaired) electrons. The maximum absolute atomic E-state index is 13.5. The van der Waals surface area contributed by atoms with E-state index in [9.17, 15) is 4.79 Å². The van der Waals surface area contributed by atoms with Crippen LogP contribution in [0, 0.1) is 12.8 Å². The van der Waals surface area contributed by atoms with Crippen molar-refractivity contribution in [2.75, 3.05) is 38.7 Å². The van der Waals surface area contributed by atoms with Crippen molar-refractivity contribution < 1.29 is 18.7 Å². The highest BCUT2D eigenvalue weighted by Gasteiger charge is 2.45. The molecular weight excluding hydrogens is 430 g/mol. The number of hydrogen-bond acceptors (Lipinski definition) is 6. The lowest BCUT2D eigenvalue weighted by molar-refractivity contribution is 0.0720. The highest BCUT2D eigenvalue weighted by molar-refractivity contribution is 5.99. The van der Waals surface area contributed by atoms with Crippen molar-refractivity contribution in [2.24, 2.45) is 5.92 Å². The molecule has 1 saturated heterocycles. The molecule has 7 heteroatoms. The molecule has 2 heterocycles. The summed E-state index contributed by atoms with van der Waals surface area (Å²) in [6.07, 6.45) is 3.94. The fourth-order valence-corrected chi connectivity index (χ4v) is 4.86. The largest absolute Gasteiger partial charge is 0.493 e. The third-order valence-corrected chi connectivity index (χ3v) is 6.87. The van der Waals surface area contributed by atoms with Gasteiger partial charge in [-0.3, -0.25) is 4.79 Å². The fraction of sp³-hybridized carbons (Fsp3) is 0.481. The van der Waals surface area contributed by atoms with Gasteiger partial charge in [0, 0.05) is 31.2 Å². The van der Waals surface area contributed by atoms with Crippen LogP contribution in [0.5, 0.6) is 5.75 Å². The van der Waals surface area contributed by atoms with E-state index < -0.39 is 0 Å². The summed E-state index contributed by atoms with van der Waals surface area (Å²) in [4.78, 5) is 20.1. The summed E-state index contributed by atoms with van der Waals surface area (Å²) < 4.78 is 17.2. The second-order valence-corrected chi connectivity index (χ2v) is 9.60. The normalized spacial score (nSPS) is 18.7. The minimum atomic E-state index is -0.153. The van der Waals surface area contributed by atoms with Crippen LogP contribution in [0.3, 0.4) is 0 Å². The Labute approximate surface area is 200 Å². The van der Waals surface area contributed by atoms with Gasteiger partial charge < -0.3 is 24.1 Å². The van der Waals surface area contributed by atoms with Crippen LogP contribution in [0.15, 0.2) is 40.8 Å². The summed E-state index contributed by atoms with van der Waals surface area (Å²) >= 11 is 0. The topological polar surface area (TPSA) is 76.8 Å². The second-order valence-electron chi connectivity index (χ2n) is 9.60. The molecule has 0 spiro atoms. The summed E-state index contributed by atoms with van der Waals surface area (Å²) in [5.74, 6) is 0.896. The Hall–Kier alpha value is -3.06. The van der Waals surface area contributed by atoms with Crippen molar-refractivity contribution in [1.82, 2.24) is 9.88 Å². The van der Waals surface area contributed by atoms with Gasteiger partial charge in [-0.2, -0.15) is 4.98 Å². The summed E-state index contributed by atoms with van der Waals surface area (Å²) in [6, 6.07) is 12.6. The highest BCUT2D eigenvalue weighted by Crippen LogP contribution is 2.48. The standard InChI is InChI=1S/C27H33N3O4/c1-4-11-30(16-19-8-12-33-17-19)25(31)20-14-22-24(23(15-20)32-3)34-26(28-22)29-27(9-10-27)21-7-5-6-18(2)13-21/h5-7,13-15,19H,4,8-12,16-17H2,1-3H3,(H,28,29). The number of aromatic nitrogens is 1. The molecular formula is C27H33N3O4. The Morgan fingerprint density at radius 3 is 2.82 bits per heavy atom. The van der Waals surface area contributed by atoms with Crippen LogP contribution < -0.4 is 10.1 Å². The number of oxazole rings is 1. The van der Waals surface area contributed by atoms with Gasteiger partial charge in [0.15, 0.2) is 11.3 Å². The van der Waals surface area contributed by atoms with E-state index in [0.29, 0.717) is 47.4 Å². The molecule has 1 unspecified atom stereocenters. The van der Waals surface area contributed by atoms with E-state index in [1.807, 2.05) is 11.0 Å². The number of carbonyl (C=O) groups is 1. The van der Waals surface area contributed by atoms with Gasteiger partial charge in [-0.05, 0) is 50.3 Å². The number of benzene rings is 2. The third-order valence-electron chi connectivity index (χ3n) is 6.87. The van der Waals surface area contributed by atoms with Gasteiger partial charge in [0.1, 0.15) is 5.52 Å². The van der Waals surface area contributed by atoms with Crippen molar-refractivity contribution >= 4 is 23.0 Å². The first-order valence-corrected chi connectivity index (χ1v) is 12.2. The Kier molecular flexibility index (Phi) is 6.21. The number of ether oxygens (including phenoxy) is 2. The van der Waals surface area contributed by atoms with Crippen LogP contribution in [0.25, 0.3) is 11.1 Å². The molecule has 3 aromatic rings. The molecule has 34 heavy (non-hydrogen) atoms. The monoisotopic (exact) mass is 463 g/mol. The maximum Gasteiger partial charge on any atom is 0.296 e. The Balaban J connectivity index is 1.42. The average molecular weight is 464 g/mol. The number of hydrogen-bond donors (Lipinski definition) is 1. The smallest absolute Gasteiger partial charge is 0.296 e. The van der Waals surface area contributed by atoms with Crippen molar-refractivity contribution in [2.45, 2.75) is 45.1 Å². The third kappa shape index (κ3) is 4.49. The van der Waals surface area contributed by atoms with Crippen molar-refractivity contribution in [3.05, 3.63) is 53.1 Å². The number of fused-ring (bicyclic) bond motifs is 1. The number of nitrogens with zero attached hydrogens (tertiary/aromatic N) is 2. The molecule has 1 amide bonds. The fourth-order valence-electron chi connectivity index (χ4n) is 4.86. The summed E-state index contributed by atoms with van der Waals surface area (Å²) in [5.41, 5.74) is 4.05. The molecule has 1 aliphatic carbocycles. The lowest BCUT2D eigenvalue weighted by atomic mass is 10.0. The first-order valence-electron chi connectivity index (χ1n) is 12.2. The minimum Gasteiger partial charge on any atom is -0.493 e. The zero-order chi connectivity index (χ0) is 23.7. The van der Waals surface area contributed by atoms with Gasteiger partial charge >= 0.3 is 0 Å². The number of anilines is 1. The van der Waals surface area contributed by atoms with E-state index in [0.717, 1.165) is 38.9 Å². The van der Waals surface area contributed by atoms with Crippen molar-refractivity contribution in [3.63, 3.8) is 0 Å². The molecule has 180 valence electrons. The molecule has 2 aromatic carbocycles. The van der Waals surface area contributed by atoms with Crippen molar-refractivity contribution in [3.8, 4) is 5.75 Å². The number of carbonyl (C=O) groups excluding carboxylic acids is 1. The highest BCUT2D eigenvalue weighted by atomic mass is 16.5. The molecule has 2 fully saturated rings. The van der Waals surface area contributed by atoms with E-state index in [1.54, 1.807) is 13.2 Å². The van der Waals surface area contributed by atoms with Crippen LogP contribution >= 0.6 is 0 Å². The average Bonchev–Trinajstić information content (AvgIpc) is 3.23. The van der Waals surface area contributed by atoms with Gasteiger partial charge in [0.2, 0.25) is 0 Å². The lowest BCUT2D eigenvalue weighted by Gasteiger charge is -2.25. The van der Waals surface area contributed by atoms with E-state index in [2.05, 4.69) is 43.4 Å². The molecule has 0 bridgehead atoms. The number of nitrogens with one attached hydrogen (secondary N) is 1. The number of aryl methyl sites for hydroxylation is 1. The molecule has 1 aliphatic heterocycles. The first kappa shape index (κ1) is 22.7. The van der Waals surface area contributed by atoms with Crippen LogP contribution in [0.1, 0.15) is 54.1 Å². The quantitative estimate of drug-likeness (QED) is 0.474. The maximum atomic E-state index is 13.5. The van der Waals surface area contributed by atoms with E-state index >= 15 is 0 Å². The Bertz CT molecular complexity index is 1180. The Morgan fingerprint density at radius 2 is 2.15 bits per heavy atom. The van der Waals surface area contributed by atoms with Gasteiger partial charge in [-0.15, -0.1) is 0 Å². The van der Waals surface area contributed by atoms with E-state index in [1.165, 1.54) is 11.1 Å². The van der Waals surface area contributed by atoms with E-state index in [-0.39, 0.29) is 11.4 Å². The lowest BCUT2D eigenvalue weighted by Crippen LogP contribution is -2.36. The van der Waals surface area contributed by atoms with Gasteiger partial charge in [-0.1, -0.05) is 36.8 Å². The summed E-state index contributed by atoms with van der Waals surface area (Å²) in [5, 5.41) is 3.51. The zero-order valence-electron chi connectivity index (χ0n) is 20.2. The zero-order valence-corrected chi connectivity index (χ0v) is 20.2. The molecule has 1 N–H and O–H groups in total. The predicted octanol–water partition coefficient (Wildman–Crippen LogP) is 5.13. The number of methoxy groups -OCH3 is 1.